The topological polar surface area (TPSA) is 21.3 Å². The molecule has 0 atom stereocenters. The zero-order valence-electron chi connectivity index (χ0n) is 12.7. The van der Waals surface area contributed by atoms with Crippen molar-refractivity contribution >= 4 is 0 Å². The molecule has 2 aromatic rings. The van der Waals surface area contributed by atoms with Crippen LogP contribution in [-0.4, -0.2) is 12.6 Å². The number of halogens is 1. The third-order valence-electron chi connectivity index (χ3n) is 3.79. The molecule has 0 saturated heterocycles. The summed E-state index contributed by atoms with van der Waals surface area (Å²) in [7, 11) is 1.86. The van der Waals surface area contributed by atoms with Crippen LogP contribution in [0.15, 0.2) is 36.4 Å². The Morgan fingerprint density at radius 1 is 1.19 bits per heavy atom. The van der Waals surface area contributed by atoms with Crippen molar-refractivity contribution in [3.63, 3.8) is 0 Å². The first-order valence-corrected chi connectivity index (χ1v) is 7.24. The molecule has 1 N–H and O–H groups in total. The fraction of sp³-hybridized carbons (Fsp3) is 0.333. The van der Waals surface area contributed by atoms with E-state index in [1.807, 2.05) is 37.4 Å². The van der Waals surface area contributed by atoms with E-state index < -0.39 is 0 Å². The first-order valence-electron chi connectivity index (χ1n) is 7.24. The third kappa shape index (κ3) is 2.79. The second-order valence-electron chi connectivity index (χ2n) is 6.21. The van der Waals surface area contributed by atoms with E-state index in [1.54, 1.807) is 6.07 Å². The standard InChI is InChI=1S/C18H20FNO/c1-18(2)10-14-9-13(5-7-17(14)21-18)15-6-4-12(11-20-3)8-16(15)19/h4-9,20H,10-11H2,1-3H3. The molecule has 1 aliphatic heterocycles. The Balaban J connectivity index is 1.96. The Morgan fingerprint density at radius 2 is 2.00 bits per heavy atom. The van der Waals surface area contributed by atoms with Crippen molar-refractivity contribution in [2.45, 2.75) is 32.4 Å². The van der Waals surface area contributed by atoms with E-state index in [0.29, 0.717) is 12.1 Å². The average Bonchev–Trinajstić information content (AvgIpc) is 2.72. The van der Waals surface area contributed by atoms with Crippen LogP contribution in [0.5, 0.6) is 5.75 Å². The third-order valence-corrected chi connectivity index (χ3v) is 3.79. The van der Waals surface area contributed by atoms with E-state index in [-0.39, 0.29) is 11.4 Å². The molecule has 3 rings (SSSR count). The quantitative estimate of drug-likeness (QED) is 0.922. The molecule has 2 aromatic carbocycles. The van der Waals surface area contributed by atoms with Gasteiger partial charge in [-0.15, -0.1) is 0 Å². The second-order valence-corrected chi connectivity index (χ2v) is 6.21. The van der Waals surface area contributed by atoms with Crippen LogP contribution in [0.1, 0.15) is 25.0 Å². The lowest BCUT2D eigenvalue weighted by atomic mass is 9.97. The van der Waals surface area contributed by atoms with Gasteiger partial charge in [0.25, 0.3) is 0 Å². The molecule has 0 saturated carbocycles. The molecule has 110 valence electrons. The lowest BCUT2D eigenvalue weighted by Gasteiger charge is -2.16. The van der Waals surface area contributed by atoms with Gasteiger partial charge in [0, 0.05) is 18.5 Å². The lowest BCUT2D eigenvalue weighted by molar-refractivity contribution is 0.138. The van der Waals surface area contributed by atoms with E-state index in [9.17, 15) is 4.39 Å². The van der Waals surface area contributed by atoms with Gasteiger partial charge in [-0.05, 0) is 55.8 Å². The minimum absolute atomic E-state index is 0.170. The molecule has 0 bridgehead atoms. The zero-order chi connectivity index (χ0) is 15.0. The van der Waals surface area contributed by atoms with E-state index in [2.05, 4.69) is 19.2 Å². The lowest BCUT2D eigenvalue weighted by Crippen LogP contribution is -2.24. The molecule has 0 radical (unpaired) electrons. The summed E-state index contributed by atoms with van der Waals surface area (Å²) in [5, 5.41) is 3.03. The van der Waals surface area contributed by atoms with Gasteiger partial charge in [-0.3, -0.25) is 0 Å². The van der Waals surface area contributed by atoms with Crippen molar-refractivity contribution in [2.24, 2.45) is 0 Å². The van der Waals surface area contributed by atoms with Crippen LogP contribution in [0.25, 0.3) is 11.1 Å². The van der Waals surface area contributed by atoms with Crippen LogP contribution in [-0.2, 0) is 13.0 Å². The number of fused-ring (bicyclic) bond motifs is 1. The van der Waals surface area contributed by atoms with Crippen molar-refractivity contribution in [2.75, 3.05) is 7.05 Å². The minimum atomic E-state index is -0.180. The smallest absolute Gasteiger partial charge is 0.131 e. The van der Waals surface area contributed by atoms with Gasteiger partial charge in [-0.1, -0.05) is 18.2 Å². The molecule has 3 heteroatoms. The maximum Gasteiger partial charge on any atom is 0.131 e. The fourth-order valence-electron chi connectivity index (χ4n) is 2.88. The van der Waals surface area contributed by atoms with E-state index in [0.717, 1.165) is 28.9 Å². The molecule has 1 heterocycles. The predicted molar refractivity (Wildman–Crippen MR) is 83.0 cm³/mol. The molecule has 0 unspecified atom stereocenters. The molecule has 0 spiro atoms. The molecule has 0 aliphatic carbocycles. The van der Waals surface area contributed by atoms with Gasteiger partial charge in [0.15, 0.2) is 0 Å². The molecular formula is C18H20FNO. The van der Waals surface area contributed by atoms with Crippen molar-refractivity contribution in [1.29, 1.82) is 0 Å². The monoisotopic (exact) mass is 285 g/mol. The normalized spacial score (nSPS) is 15.6. The van der Waals surface area contributed by atoms with Crippen LogP contribution in [0, 0.1) is 5.82 Å². The number of hydrogen-bond donors (Lipinski definition) is 1. The first kappa shape index (κ1) is 14.1. The fourth-order valence-corrected chi connectivity index (χ4v) is 2.88. The summed E-state index contributed by atoms with van der Waals surface area (Å²) in [6.45, 7) is 4.81. The first-order chi connectivity index (χ1) is 9.98. The van der Waals surface area contributed by atoms with Gasteiger partial charge in [0.2, 0.25) is 0 Å². The van der Waals surface area contributed by atoms with E-state index in [4.69, 9.17) is 4.74 Å². The minimum Gasteiger partial charge on any atom is -0.487 e. The summed E-state index contributed by atoms with van der Waals surface area (Å²) in [4.78, 5) is 0. The van der Waals surface area contributed by atoms with E-state index in [1.165, 1.54) is 0 Å². The molecule has 1 aliphatic rings. The Bertz CT molecular complexity index is 679. The Kier molecular flexibility index (Phi) is 3.46. The zero-order valence-corrected chi connectivity index (χ0v) is 12.7. The largest absolute Gasteiger partial charge is 0.487 e. The number of ether oxygens (including phenoxy) is 1. The van der Waals surface area contributed by atoms with Crippen LogP contribution < -0.4 is 10.1 Å². The highest BCUT2D eigenvalue weighted by atomic mass is 19.1. The summed E-state index contributed by atoms with van der Waals surface area (Å²) in [5.41, 5.74) is 3.47. The van der Waals surface area contributed by atoms with Crippen molar-refractivity contribution in [3.05, 3.63) is 53.3 Å². The van der Waals surface area contributed by atoms with Crippen LogP contribution >= 0.6 is 0 Å². The summed E-state index contributed by atoms with van der Waals surface area (Å²) in [5.74, 6) is 0.733. The van der Waals surface area contributed by atoms with Crippen molar-refractivity contribution < 1.29 is 9.13 Å². The highest BCUT2D eigenvalue weighted by molar-refractivity contribution is 5.67. The summed E-state index contributed by atoms with van der Waals surface area (Å²) in [6, 6.07) is 11.3. The van der Waals surface area contributed by atoms with Gasteiger partial charge < -0.3 is 10.1 Å². The predicted octanol–water partition coefficient (Wildman–Crippen LogP) is 3.93. The Labute approximate surface area is 125 Å². The number of nitrogens with one attached hydrogen (secondary N) is 1. The number of rotatable bonds is 3. The van der Waals surface area contributed by atoms with Crippen LogP contribution in [0.4, 0.5) is 4.39 Å². The Hall–Kier alpha value is -1.87. The maximum atomic E-state index is 14.3. The highest BCUT2D eigenvalue weighted by Crippen LogP contribution is 2.37. The molecule has 21 heavy (non-hydrogen) atoms. The van der Waals surface area contributed by atoms with Gasteiger partial charge >= 0.3 is 0 Å². The van der Waals surface area contributed by atoms with Gasteiger partial charge in [0.05, 0.1) is 0 Å². The second kappa shape index (κ2) is 5.15. The van der Waals surface area contributed by atoms with Crippen molar-refractivity contribution in [3.8, 4) is 16.9 Å². The molecule has 0 aromatic heterocycles. The molecular weight excluding hydrogens is 265 g/mol. The summed E-state index contributed by atoms with van der Waals surface area (Å²) in [6.07, 6.45) is 0.857. The molecule has 0 fully saturated rings. The van der Waals surface area contributed by atoms with Crippen LogP contribution in [0.3, 0.4) is 0 Å². The number of benzene rings is 2. The summed E-state index contributed by atoms with van der Waals surface area (Å²) < 4.78 is 20.2. The summed E-state index contributed by atoms with van der Waals surface area (Å²) >= 11 is 0. The van der Waals surface area contributed by atoms with E-state index >= 15 is 0 Å². The van der Waals surface area contributed by atoms with Crippen LogP contribution in [0.2, 0.25) is 0 Å². The van der Waals surface area contributed by atoms with Gasteiger partial charge in [0.1, 0.15) is 17.2 Å². The van der Waals surface area contributed by atoms with Gasteiger partial charge in [-0.25, -0.2) is 4.39 Å². The highest BCUT2D eigenvalue weighted by Gasteiger charge is 2.30. The average molecular weight is 285 g/mol. The molecule has 0 amide bonds. The van der Waals surface area contributed by atoms with Gasteiger partial charge in [-0.2, -0.15) is 0 Å². The number of hydrogen-bond acceptors (Lipinski definition) is 2. The molecule has 2 nitrogen and oxygen atoms in total. The SMILES string of the molecule is CNCc1ccc(-c2ccc3c(c2)CC(C)(C)O3)c(F)c1. The maximum absolute atomic E-state index is 14.3. The van der Waals surface area contributed by atoms with Crippen molar-refractivity contribution in [1.82, 2.24) is 5.32 Å². The Morgan fingerprint density at radius 3 is 2.71 bits per heavy atom.